The van der Waals surface area contributed by atoms with E-state index < -0.39 is 12.1 Å². The van der Waals surface area contributed by atoms with Gasteiger partial charge >= 0.3 is 0 Å². The summed E-state index contributed by atoms with van der Waals surface area (Å²) in [4.78, 5) is 38.3. The molecule has 0 spiro atoms. The number of nitrogens with two attached hydrogens (primary N) is 1. The minimum atomic E-state index is -0.725. The average molecular weight is 609 g/mol. The third-order valence-corrected chi connectivity index (χ3v) is 8.95. The lowest BCUT2D eigenvalue weighted by Crippen LogP contribution is -2.63. The molecule has 3 aliphatic heterocycles. The number of unbranched alkanes of at least 4 members (excludes halogenated alkanes) is 1. The summed E-state index contributed by atoms with van der Waals surface area (Å²) in [7, 11) is 0. The molecule has 0 bridgehead atoms. The van der Waals surface area contributed by atoms with E-state index >= 15 is 0 Å². The minimum absolute atomic E-state index is 0.0643. The number of rotatable bonds is 10. The number of carbonyl (C=O) groups excluding carboxylic acids is 2. The van der Waals surface area contributed by atoms with Gasteiger partial charge in [0.25, 0.3) is 6.02 Å². The van der Waals surface area contributed by atoms with E-state index in [-0.39, 0.29) is 30.5 Å². The highest BCUT2D eigenvalue weighted by Gasteiger charge is 2.40. The van der Waals surface area contributed by atoms with E-state index in [2.05, 4.69) is 10.2 Å². The largest absolute Gasteiger partial charge is 0.455 e. The number of nitrogens with zero attached hydrogens (tertiary/aromatic N) is 4. The molecule has 0 saturated carbocycles. The molecular formula is C33H45ClN6O3. The van der Waals surface area contributed by atoms with E-state index in [1.807, 2.05) is 60.4 Å². The van der Waals surface area contributed by atoms with Crippen molar-refractivity contribution in [3.8, 4) is 0 Å². The Kier molecular flexibility index (Phi) is 10.9. The van der Waals surface area contributed by atoms with Crippen LogP contribution in [0.5, 0.6) is 0 Å². The third-order valence-electron chi connectivity index (χ3n) is 8.71. The zero-order chi connectivity index (χ0) is 30.2. The number of amides is 2. The maximum Gasteiger partial charge on any atom is 0.288 e. The number of nitrogens with one attached hydrogen (secondary N) is 1. The quantitative estimate of drug-likeness (QED) is 0.396. The van der Waals surface area contributed by atoms with Gasteiger partial charge in [-0.1, -0.05) is 66.9 Å². The van der Waals surface area contributed by atoms with Crippen molar-refractivity contribution in [3.63, 3.8) is 0 Å². The summed E-state index contributed by atoms with van der Waals surface area (Å²) in [5.41, 5.74) is 8.40. The van der Waals surface area contributed by atoms with Crippen LogP contribution < -0.4 is 11.1 Å². The lowest BCUT2D eigenvalue weighted by atomic mass is 10.0. The average Bonchev–Trinajstić information content (AvgIpc) is 3.43. The number of amidine groups is 1. The van der Waals surface area contributed by atoms with E-state index in [1.165, 1.54) is 32.4 Å². The monoisotopic (exact) mass is 608 g/mol. The normalized spacial score (nSPS) is 23.4. The molecule has 2 saturated heterocycles. The molecule has 3 N–H and O–H groups in total. The Morgan fingerprint density at radius 3 is 2.60 bits per heavy atom. The molecule has 10 heteroatoms. The van der Waals surface area contributed by atoms with Crippen molar-refractivity contribution in [1.29, 1.82) is 0 Å². The van der Waals surface area contributed by atoms with Crippen LogP contribution in [0.1, 0.15) is 62.7 Å². The highest BCUT2D eigenvalue weighted by atomic mass is 35.5. The van der Waals surface area contributed by atoms with Crippen molar-refractivity contribution >= 4 is 29.4 Å². The Morgan fingerprint density at radius 1 is 1.05 bits per heavy atom. The second-order valence-corrected chi connectivity index (χ2v) is 12.4. The number of hydrogen-bond acceptors (Lipinski definition) is 7. The SMILES string of the molecule is C[C@@H]1N=C(N2CCN(C(=O)C(N)CCCCN3CCCCC3)[C@H](C(=O)NCc3cccc(Cl)c3)C2)O[C@H]1c1ccccc1. The molecule has 1 unspecified atom stereocenters. The number of carbonyl (C=O) groups is 2. The lowest BCUT2D eigenvalue weighted by Gasteiger charge is -2.41. The first-order valence-corrected chi connectivity index (χ1v) is 16.1. The minimum Gasteiger partial charge on any atom is -0.455 e. The first-order chi connectivity index (χ1) is 20.9. The van der Waals surface area contributed by atoms with Crippen LogP contribution in [0.25, 0.3) is 0 Å². The van der Waals surface area contributed by atoms with Crippen LogP contribution >= 0.6 is 11.6 Å². The van der Waals surface area contributed by atoms with Crippen LogP contribution in [-0.2, 0) is 20.9 Å². The number of hydrogen-bond donors (Lipinski definition) is 2. The molecule has 0 aliphatic carbocycles. The van der Waals surface area contributed by atoms with E-state index in [0.717, 1.165) is 30.5 Å². The molecule has 0 radical (unpaired) electrons. The van der Waals surface area contributed by atoms with Gasteiger partial charge in [-0.15, -0.1) is 0 Å². The zero-order valence-electron chi connectivity index (χ0n) is 25.2. The van der Waals surface area contributed by atoms with Crippen molar-refractivity contribution in [2.24, 2.45) is 10.7 Å². The lowest BCUT2D eigenvalue weighted by molar-refractivity contribution is -0.144. The molecule has 3 aliphatic rings. The van der Waals surface area contributed by atoms with Crippen molar-refractivity contribution in [2.45, 2.75) is 76.2 Å². The van der Waals surface area contributed by atoms with Crippen LogP contribution in [0.2, 0.25) is 5.02 Å². The van der Waals surface area contributed by atoms with Gasteiger partial charge in [-0.2, -0.15) is 0 Å². The van der Waals surface area contributed by atoms with Crippen LogP contribution in [0.3, 0.4) is 0 Å². The van der Waals surface area contributed by atoms with Gasteiger partial charge in [0.15, 0.2) is 0 Å². The summed E-state index contributed by atoms with van der Waals surface area (Å²) in [5, 5.41) is 3.63. The van der Waals surface area contributed by atoms with Crippen LogP contribution in [0.4, 0.5) is 0 Å². The van der Waals surface area contributed by atoms with E-state index in [0.29, 0.717) is 37.1 Å². The topological polar surface area (TPSA) is 103 Å². The van der Waals surface area contributed by atoms with Gasteiger partial charge in [0.1, 0.15) is 12.1 Å². The van der Waals surface area contributed by atoms with Crippen LogP contribution in [0, 0.1) is 0 Å². The summed E-state index contributed by atoms with van der Waals surface area (Å²) in [6.45, 7) is 6.89. The second-order valence-electron chi connectivity index (χ2n) is 11.9. The molecule has 5 rings (SSSR count). The summed E-state index contributed by atoms with van der Waals surface area (Å²) < 4.78 is 6.33. The van der Waals surface area contributed by atoms with E-state index in [4.69, 9.17) is 27.1 Å². The maximum atomic E-state index is 13.7. The van der Waals surface area contributed by atoms with E-state index in [1.54, 1.807) is 11.0 Å². The fourth-order valence-corrected chi connectivity index (χ4v) is 6.46. The predicted molar refractivity (Wildman–Crippen MR) is 170 cm³/mol. The Morgan fingerprint density at radius 2 is 1.84 bits per heavy atom. The predicted octanol–water partition coefficient (Wildman–Crippen LogP) is 3.97. The Bertz CT molecular complexity index is 1250. The van der Waals surface area contributed by atoms with Gasteiger partial charge in [0, 0.05) is 24.7 Å². The Labute approximate surface area is 260 Å². The van der Waals surface area contributed by atoms with Gasteiger partial charge in [0.2, 0.25) is 11.8 Å². The van der Waals surface area contributed by atoms with Crippen LogP contribution in [0.15, 0.2) is 59.6 Å². The number of piperidine rings is 1. The molecule has 2 aromatic carbocycles. The third kappa shape index (κ3) is 8.28. The molecule has 4 atom stereocenters. The molecule has 3 heterocycles. The van der Waals surface area contributed by atoms with Gasteiger partial charge in [-0.3, -0.25) is 9.59 Å². The summed E-state index contributed by atoms with van der Waals surface area (Å²) in [6, 6.07) is 16.5. The Balaban J connectivity index is 1.22. The molecule has 43 heavy (non-hydrogen) atoms. The fraction of sp³-hybridized carbons (Fsp3) is 0.545. The first-order valence-electron chi connectivity index (χ1n) is 15.7. The maximum absolute atomic E-state index is 13.7. The summed E-state index contributed by atoms with van der Waals surface area (Å²) in [5.74, 6) is -0.410. The van der Waals surface area contributed by atoms with E-state index in [9.17, 15) is 9.59 Å². The molecule has 2 fully saturated rings. The smallest absolute Gasteiger partial charge is 0.288 e. The zero-order valence-corrected chi connectivity index (χ0v) is 25.9. The number of aliphatic imine (C=N–C) groups is 1. The van der Waals surface area contributed by atoms with Gasteiger partial charge in [0.05, 0.1) is 18.6 Å². The van der Waals surface area contributed by atoms with Gasteiger partial charge in [-0.05, 0) is 75.5 Å². The molecule has 2 amide bonds. The van der Waals surface area contributed by atoms with Crippen molar-refractivity contribution in [3.05, 3.63) is 70.7 Å². The Hall–Kier alpha value is -3.14. The summed E-state index contributed by atoms with van der Waals surface area (Å²) in [6.07, 6.45) is 6.19. The van der Waals surface area contributed by atoms with Gasteiger partial charge < -0.3 is 30.5 Å². The van der Waals surface area contributed by atoms with Crippen LogP contribution in [-0.4, -0.2) is 89.9 Å². The molecular weight excluding hydrogens is 564 g/mol. The first kappa shape index (κ1) is 31.3. The van der Waals surface area contributed by atoms with Crippen molar-refractivity contribution in [1.82, 2.24) is 20.0 Å². The molecule has 9 nitrogen and oxygen atoms in total. The van der Waals surface area contributed by atoms with Crippen molar-refractivity contribution in [2.75, 3.05) is 39.3 Å². The number of benzene rings is 2. The number of halogens is 1. The fourth-order valence-electron chi connectivity index (χ4n) is 6.25. The number of ether oxygens (including phenoxy) is 1. The van der Waals surface area contributed by atoms with Crippen molar-refractivity contribution < 1.29 is 14.3 Å². The molecule has 2 aromatic rings. The standard InChI is InChI=1S/C33H45ClN6O3/c1-24-30(26-12-4-2-5-13-26)43-33(37-24)39-19-20-40(29(23-39)31(41)36-22-25-11-10-14-27(34)21-25)32(42)28(35)15-6-9-18-38-16-7-3-8-17-38/h2,4-5,10-14,21,24,28-30H,3,6-9,15-20,22-23,35H2,1H3,(H,36,41)/t24-,28?,29-,30+/m0/s1. The molecule has 232 valence electrons. The highest BCUT2D eigenvalue weighted by Crippen LogP contribution is 2.30. The summed E-state index contributed by atoms with van der Waals surface area (Å²) >= 11 is 6.15. The molecule has 0 aromatic heterocycles. The second kappa shape index (κ2) is 15.0. The highest BCUT2D eigenvalue weighted by molar-refractivity contribution is 6.30. The number of likely N-dealkylation sites (tertiary alicyclic amines) is 1. The number of piperazine rings is 1. The van der Waals surface area contributed by atoms with Gasteiger partial charge in [-0.25, -0.2) is 4.99 Å².